The van der Waals surface area contributed by atoms with Gasteiger partial charge in [-0.15, -0.1) is 0 Å². The van der Waals surface area contributed by atoms with Gasteiger partial charge in [0, 0.05) is 6.04 Å². The van der Waals surface area contributed by atoms with Gasteiger partial charge in [0.15, 0.2) is 0 Å². The van der Waals surface area contributed by atoms with Gasteiger partial charge in [-0.1, -0.05) is 76.8 Å². The molecule has 0 fully saturated rings. The van der Waals surface area contributed by atoms with Crippen molar-refractivity contribution in [3.05, 3.63) is 35.9 Å². The molecule has 1 aromatic rings. The van der Waals surface area contributed by atoms with Gasteiger partial charge < -0.3 is 5.32 Å². The molecule has 0 bridgehead atoms. The van der Waals surface area contributed by atoms with E-state index in [4.69, 9.17) is 0 Å². The predicted molar refractivity (Wildman–Crippen MR) is 80.8 cm³/mol. The van der Waals surface area contributed by atoms with E-state index in [9.17, 15) is 0 Å². The molecule has 1 N–H and O–H groups in total. The van der Waals surface area contributed by atoms with Crippen LogP contribution in [0.3, 0.4) is 0 Å². The van der Waals surface area contributed by atoms with E-state index in [0.29, 0.717) is 6.04 Å². The zero-order valence-electron chi connectivity index (χ0n) is 12.3. The van der Waals surface area contributed by atoms with Gasteiger partial charge >= 0.3 is 0 Å². The van der Waals surface area contributed by atoms with Crippen molar-refractivity contribution in [1.82, 2.24) is 5.32 Å². The lowest BCUT2D eigenvalue weighted by Crippen LogP contribution is -2.21. The van der Waals surface area contributed by atoms with Crippen molar-refractivity contribution < 1.29 is 0 Å². The van der Waals surface area contributed by atoms with Crippen LogP contribution in [-0.2, 0) is 0 Å². The highest BCUT2D eigenvalue weighted by Crippen LogP contribution is 2.22. The summed E-state index contributed by atoms with van der Waals surface area (Å²) in [6.07, 6.45) is 6.62. The first kappa shape index (κ1) is 15.2. The summed E-state index contributed by atoms with van der Waals surface area (Å²) in [5.74, 6) is 0.919. The minimum absolute atomic E-state index is 0.533. The summed E-state index contributed by atoms with van der Waals surface area (Å²) in [6, 6.07) is 11.4. The largest absolute Gasteiger partial charge is 0.310 e. The molecule has 0 saturated carbocycles. The number of hydrogen-bond donors (Lipinski definition) is 1. The second-order valence-electron chi connectivity index (χ2n) is 5.13. The minimum atomic E-state index is 0.533. The summed E-state index contributed by atoms with van der Waals surface area (Å²) >= 11 is 0. The average molecular weight is 247 g/mol. The monoisotopic (exact) mass is 247 g/mol. The number of hydrogen-bond acceptors (Lipinski definition) is 1. The van der Waals surface area contributed by atoms with Crippen molar-refractivity contribution in [3.63, 3.8) is 0 Å². The number of nitrogens with one attached hydrogen (secondary N) is 1. The van der Waals surface area contributed by atoms with Crippen molar-refractivity contribution in [3.8, 4) is 0 Å². The maximum atomic E-state index is 3.61. The third-order valence-electron chi connectivity index (χ3n) is 3.91. The van der Waals surface area contributed by atoms with Crippen LogP contribution in [0.25, 0.3) is 0 Å². The van der Waals surface area contributed by atoms with Gasteiger partial charge in [0.2, 0.25) is 0 Å². The van der Waals surface area contributed by atoms with E-state index < -0.39 is 0 Å². The Kier molecular flexibility index (Phi) is 7.75. The zero-order valence-corrected chi connectivity index (χ0v) is 12.3. The van der Waals surface area contributed by atoms with Gasteiger partial charge in [0.05, 0.1) is 0 Å². The molecule has 1 heteroatoms. The molecule has 0 amide bonds. The molecule has 0 aromatic heterocycles. The summed E-state index contributed by atoms with van der Waals surface area (Å²) in [5, 5.41) is 3.61. The molecule has 0 spiro atoms. The van der Waals surface area contributed by atoms with E-state index >= 15 is 0 Å². The second kappa shape index (κ2) is 9.16. The van der Waals surface area contributed by atoms with Crippen LogP contribution in [0.5, 0.6) is 0 Å². The fraction of sp³-hybridized carbons (Fsp3) is 0.647. The topological polar surface area (TPSA) is 12.0 Å². The highest BCUT2D eigenvalue weighted by Gasteiger charge is 2.10. The van der Waals surface area contributed by atoms with Crippen molar-refractivity contribution in [2.75, 3.05) is 6.54 Å². The smallest absolute Gasteiger partial charge is 0.0320 e. The molecule has 18 heavy (non-hydrogen) atoms. The third-order valence-corrected chi connectivity index (χ3v) is 3.91. The summed E-state index contributed by atoms with van der Waals surface area (Å²) in [5.41, 5.74) is 1.43. The van der Waals surface area contributed by atoms with E-state index in [0.717, 1.165) is 12.5 Å². The summed E-state index contributed by atoms with van der Waals surface area (Å²) in [4.78, 5) is 0. The van der Waals surface area contributed by atoms with Gasteiger partial charge in [-0.2, -0.15) is 0 Å². The fourth-order valence-electron chi connectivity index (χ4n) is 2.63. The van der Waals surface area contributed by atoms with Crippen molar-refractivity contribution in [2.45, 2.75) is 58.9 Å². The molecule has 1 aromatic carbocycles. The molecular formula is C17H29N. The lowest BCUT2D eigenvalue weighted by molar-refractivity contribution is 0.404. The summed E-state index contributed by atoms with van der Waals surface area (Å²) in [7, 11) is 0. The lowest BCUT2D eigenvalue weighted by Gasteiger charge is -2.20. The molecule has 0 saturated heterocycles. The van der Waals surface area contributed by atoms with Gasteiger partial charge in [-0.05, 0) is 24.4 Å². The molecule has 0 radical (unpaired) electrons. The normalized spacial score (nSPS) is 12.9. The molecule has 0 aliphatic rings. The second-order valence-corrected chi connectivity index (χ2v) is 5.13. The standard InChI is InChI=1S/C17H29N/c1-4-15(5-2)11-10-14-17(18-6-3)16-12-8-7-9-13-16/h7-9,12-13,15,17-18H,4-6,10-11,14H2,1-3H3. The maximum Gasteiger partial charge on any atom is 0.0320 e. The van der Waals surface area contributed by atoms with Gasteiger partial charge in [0.25, 0.3) is 0 Å². The van der Waals surface area contributed by atoms with Crippen molar-refractivity contribution >= 4 is 0 Å². The van der Waals surface area contributed by atoms with Gasteiger partial charge in [-0.25, -0.2) is 0 Å². The predicted octanol–water partition coefficient (Wildman–Crippen LogP) is 4.94. The Morgan fingerprint density at radius 1 is 0.944 bits per heavy atom. The Hall–Kier alpha value is -0.820. The average Bonchev–Trinajstić information content (AvgIpc) is 2.43. The maximum absolute atomic E-state index is 3.61. The van der Waals surface area contributed by atoms with Crippen LogP contribution in [0.1, 0.15) is 64.5 Å². The van der Waals surface area contributed by atoms with E-state index in [2.05, 4.69) is 56.4 Å². The van der Waals surface area contributed by atoms with Crippen molar-refractivity contribution in [2.24, 2.45) is 5.92 Å². The molecule has 0 aliphatic heterocycles. The summed E-state index contributed by atoms with van der Waals surface area (Å²) < 4.78 is 0. The Morgan fingerprint density at radius 3 is 2.17 bits per heavy atom. The van der Waals surface area contributed by atoms with E-state index in [1.165, 1.54) is 37.7 Å². The Labute approximate surface area is 113 Å². The molecule has 0 aliphatic carbocycles. The highest BCUT2D eigenvalue weighted by molar-refractivity contribution is 5.18. The quantitative estimate of drug-likeness (QED) is 0.651. The molecule has 1 nitrogen and oxygen atoms in total. The Morgan fingerprint density at radius 2 is 1.61 bits per heavy atom. The lowest BCUT2D eigenvalue weighted by atomic mass is 9.93. The van der Waals surface area contributed by atoms with Gasteiger partial charge in [-0.3, -0.25) is 0 Å². The van der Waals surface area contributed by atoms with Crippen LogP contribution in [-0.4, -0.2) is 6.54 Å². The molecule has 1 atom stereocenters. The highest BCUT2D eigenvalue weighted by atomic mass is 14.9. The van der Waals surface area contributed by atoms with E-state index in [-0.39, 0.29) is 0 Å². The fourth-order valence-corrected chi connectivity index (χ4v) is 2.63. The van der Waals surface area contributed by atoms with E-state index in [1.807, 2.05) is 0 Å². The molecule has 0 heterocycles. The Balaban J connectivity index is 2.44. The summed E-state index contributed by atoms with van der Waals surface area (Å²) in [6.45, 7) is 7.86. The molecular weight excluding hydrogens is 218 g/mol. The SMILES string of the molecule is CCNC(CCCC(CC)CC)c1ccccc1. The zero-order chi connectivity index (χ0) is 13.2. The molecule has 1 rings (SSSR count). The number of benzene rings is 1. The molecule has 102 valence electrons. The van der Waals surface area contributed by atoms with Crippen LogP contribution >= 0.6 is 0 Å². The Bertz CT molecular complexity index is 290. The van der Waals surface area contributed by atoms with E-state index in [1.54, 1.807) is 0 Å². The first-order valence-corrected chi connectivity index (χ1v) is 7.60. The first-order chi connectivity index (χ1) is 8.81. The van der Waals surface area contributed by atoms with Crippen LogP contribution in [0.4, 0.5) is 0 Å². The van der Waals surface area contributed by atoms with Crippen molar-refractivity contribution in [1.29, 1.82) is 0 Å². The van der Waals surface area contributed by atoms with Crippen LogP contribution in [0.15, 0.2) is 30.3 Å². The third kappa shape index (κ3) is 5.22. The van der Waals surface area contributed by atoms with Crippen LogP contribution in [0, 0.1) is 5.92 Å². The minimum Gasteiger partial charge on any atom is -0.310 e. The molecule has 1 unspecified atom stereocenters. The van der Waals surface area contributed by atoms with Gasteiger partial charge in [0.1, 0.15) is 0 Å². The first-order valence-electron chi connectivity index (χ1n) is 7.60. The van der Waals surface area contributed by atoms with Crippen LogP contribution < -0.4 is 5.32 Å². The number of rotatable bonds is 9. The van der Waals surface area contributed by atoms with Crippen LogP contribution in [0.2, 0.25) is 0 Å².